The summed E-state index contributed by atoms with van der Waals surface area (Å²) in [4.78, 5) is 14.6. The lowest BCUT2D eigenvalue weighted by atomic mass is 10.1. The molecule has 3 aromatic rings. The number of rotatable bonds is 3. The summed E-state index contributed by atoms with van der Waals surface area (Å²) in [7, 11) is 1.58. The van der Waals surface area contributed by atoms with Gasteiger partial charge in [-0.15, -0.1) is 0 Å². The third-order valence-electron chi connectivity index (χ3n) is 4.44. The van der Waals surface area contributed by atoms with Gasteiger partial charge in [0.05, 0.1) is 12.7 Å². The molecule has 0 aliphatic carbocycles. The quantitative estimate of drug-likeness (QED) is 0.741. The van der Waals surface area contributed by atoms with Gasteiger partial charge in [-0.3, -0.25) is 4.79 Å². The van der Waals surface area contributed by atoms with Crippen molar-refractivity contribution in [2.45, 2.75) is 6.42 Å². The molecule has 126 valence electrons. The van der Waals surface area contributed by atoms with Crippen LogP contribution >= 0.6 is 0 Å². The van der Waals surface area contributed by atoms with Gasteiger partial charge in [-0.1, -0.05) is 18.2 Å². The number of hydrogen-bond donors (Lipinski definition) is 1. The van der Waals surface area contributed by atoms with E-state index in [0.29, 0.717) is 29.5 Å². The highest BCUT2D eigenvalue weighted by Gasteiger charge is 2.27. The Morgan fingerprint density at radius 1 is 1.16 bits per heavy atom. The summed E-state index contributed by atoms with van der Waals surface area (Å²) in [5, 5.41) is 0. The van der Waals surface area contributed by atoms with Gasteiger partial charge in [0.1, 0.15) is 11.5 Å². The molecule has 2 heterocycles. The molecule has 0 saturated carbocycles. The predicted octanol–water partition coefficient (Wildman–Crippen LogP) is 3.74. The molecule has 0 radical (unpaired) electrons. The average Bonchev–Trinajstić information content (AvgIpc) is 3.28. The summed E-state index contributed by atoms with van der Waals surface area (Å²) in [6.07, 6.45) is 0.862. The number of fused-ring (bicyclic) bond motifs is 1. The molecule has 2 aromatic carbocycles. The molecule has 0 bridgehead atoms. The molecule has 0 spiro atoms. The Hall–Kier alpha value is -3.21. The van der Waals surface area contributed by atoms with Crippen LogP contribution in [-0.4, -0.2) is 19.6 Å². The van der Waals surface area contributed by atoms with Crippen molar-refractivity contribution < 1.29 is 13.9 Å². The van der Waals surface area contributed by atoms with Gasteiger partial charge in [-0.2, -0.15) is 0 Å². The summed E-state index contributed by atoms with van der Waals surface area (Å²) in [6, 6.07) is 16.8. The molecule has 1 aliphatic rings. The Bertz CT molecular complexity index is 946. The maximum absolute atomic E-state index is 12.8. The number of carbonyl (C=O) groups is 1. The van der Waals surface area contributed by atoms with Crippen molar-refractivity contribution in [3.05, 3.63) is 65.9 Å². The zero-order valence-electron chi connectivity index (χ0n) is 13.9. The normalized spacial score (nSPS) is 12.9. The molecule has 1 aromatic heterocycles. The number of carbonyl (C=O) groups excluding carboxylic acids is 1. The molecular formula is C20H18N2O3. The maximum Gasteiger partial charge on any atom is 0.294 e. The van der Waals surface area contributed by atoms with Crippen LogP contribution in [0, 0.1) is 0 Å². The van der Waals surface area contributed by atoms with Crippen molar-refractivity contribution in [1.82, 2.24) is 0 Å². The largest absolute Gasteiger partial charge is 0.496 e. The Kier molecular flexibility index (Phi) is 3.69. The summed E-state index contributed by atoms with van der Waals surface area (Å²) in [5.74, 6) is 1.36. The molecule has 0 fully saturated rings. The molecule has 1 aliphatic heterocycles. The zero-order chi connectivity index (χ0) is 17.4. The number of methoxy groups -OCH3 is 1. The Morgan fingerprint density at radius 3 is 2.84 bits per heavy atom. The summed E-state index contributed by atoms with van der Waals surface area (Å²) >= 11 is 0. The molecule has 2 N–H and O–H groups in total. The smallest absolute Gasteiger partial charge is 0.294 e. The fourth-order valence-electron chi connectivity index (χ4n) is 3.19. The number of para-hydroxylation sites is 1. The van der Waals surface area contributed by atoms with Crippen LogP contribution in [0.1, 0.15) is 16.1 Å². The second-order valence-corrected chi connectivity index (χ2v) is 5.96. The van der Waals surface area contributed by atoms with Gasteiger partial charge >= 0.3 is 0 Å². The van der Waals surface area contributed by atoms with E-state index in [-0.39, 0.29) is 5.91 Å². The summed E-state index contributed by atoms with van der Waals surface area (Å²) in [5.41, 5.74) is 9.30. The Labute approximate surface area is 145 Å². The van der Waals surface area contributed by atoms with Gasteiger partial charge in [-0.25, -0.2) is 0 Å². The van der Waals surface area contributed by atoms with Crippen LogP contribution in [0.3, 0.4) is 0 Å². The van der Waals surface area contributed by atoms with E-state index in [4.69, 9.17) is 14.9 Å². The minimum absolute atomic E-state index is 0.134. The van der Waals surface area contributed by atoms with E-state index < -0.39 is 0 Å². The van der Waals surface area contributed by atoms with Crippen LogP contribution in [0.25, 0.3) is 11.3 Å². The number of hydrogen-bond acceptors (Lipinski definition) is 4. The average molecular weight is 334 g/mol. The molecule has 4 rings (SSSR count). The van der Waals surface area contributed by atoms with Gasteiger partial charge in [-0.05, 0) is 42.3 Å². The summed E-state index contributed by atoms with van der Waals surface area (Å²) < 4.78 is 11.2. The molecule has 0 saturated heterocycles. The number of nitrogen functional groups attached to an aromatic ring is 1. The number of furan rings is 1. The number of benzene rings is 2. The van der Waals surface area contributed by atoms with Crippen LogP contribution in [0.2, 0.25) is 0 Å². The van der Waals surface area contributed by atoms with Crippen LogP contribution in [0.4, 0.5) is 11.4 Å². The second kappa shape index (κ2) is 6.02. The molecule has 5 heteroatoms. The number of nitrogens with zero attached hydrogens (tertiary/aromatic N) is 1. The highest BCUT2D eigenvalue weighted by Crippen LogP contribution is 2.34. The molecule has 0 unspecified atom stereocenters. The third kappa shape index (κ3) is 2.63. The van der Waals surface area contributed by atoms with Crippen LogP contribution < -0.4 is 15.4 Å². The third-order valence-corrected chi connectivity index (χ3v) is 4.44. The van der Waals surface area contributed by atoms with Gasteiger partial charge in [0.25, 0.3) is 5.91 Å². The first-order chi connectivity index (χ1) is 12.2. The van der Waals surface area contributed by atoms with Crippen molar-refractivity contribution in [1.29, 1.82) is 0 Å². The fraction of sp³-hybridized carbons (Fsp3) is 0.150. The molecule has 1 amide bonds. The highest BCUT2D eigenvalue weighted by molar-refractivity contribution is 6.05. The lowest BCUT2D eigenvalue weighted by Gasteiger charge is -2.15. The minimum atomic E-state index is -0.134. The minimum Gasteiger partial charge on any atom is -0.496 e. The van der Waals surface area contributed by atoms with E-state index >= 15 is 0 Å². The SMILES string of the molecule is COc1cc(N)ccc1-c1ccc(C(=O)N2CCc3ccccc32)o1. The van der Waals surface area contributed by atoms with E-state index in [1.165, 1.54) is 5.56 Å². The highest BCUT2D eigenvalue weighted by atomic mass is 16.5. The molecule has 5 nitrogen and oxygen atoms in total. The monoisotopic (exact) mass is 334 g/mol. The van der Waals surface area contributed by atoms with E-state index in [1.54, 1.807) is 36.3 Å². The number of ether oxygens (including phenoxy) is 1. The van der Waals surface area contributed by atoms with Crippen molar-refractivity contribution in [3.63, 3.8) is 0 Å². The van der Waals surface area contributed by atoms with Crippen molar-refractivity contribution >= 4 is 17.3 Å². The number of nitrogens with two attached hydrogens (primary N) is 1. The predicted molar refractivity (Wildman–Crippen MR) is 96.9 cm³/mol. The first kappa shape index (κ1) is 15.3. The lowest BCUT2D eigenvalue weighted by Crippen LogP contribution is -2.28. The van der Waals surface area contributed by atoms with E-state index in [9.17, 15) is 4.79 Å². The van der Waals surface area contributed by atoms with Gasteiger partial charge in [0.15, 0.2) is 5.76 Å². The second-order valence-electron chi connectivity index (χ2n) is 5.96. The maximum atomic E-state index is 12.8. The van der Waals surface area contributed by atoms with Crippen LogP contribution in [0.15, 0.2) is 59.0 Å². The van der Waals surface area contributed by atoms with Crippen molar-refractivity contribution in [2.24, 2.45) is 0 Å². The van der Waals surface area contributed by atoms with E-state index in [1.807, 2.05) is 24.3 Å². The van der Waals surface area contributed by atoms with Crippen LogP contribution in [0.5, 0.6) is 5.75 Å². The van der Waals surface area contributed by atoms with E-state index in [0.717, 1.165) is 17.7 Å². The Balaban J connectivity index is 1.65. The molecular weight excluding hydrogens is 316 g/mol. The number of anilines is 2. The van der Waals surface area contributed by atoms with Gasteiger partial charge in [0, 0.05) is 24.0 Å². The summed E-state index contributed by atoms with van der Waals surface area (Å²) in [6.45, 7) is 0.666. The van der Waals surface area contributed by atoms with E-state index in [2.05, 4.69) is 6.07 Å². The zero-order valence-corrected chi connectivity index (χ0v) is 13.9. The van der Waals surface area contributed by atoms with Crippen molar-refractivity contribution in [2.75, 3.05) is 24.3 Å². The van der Waals surface area contributed by atoms with Gasteiger partial charge in [0.2, 0.25) is 0 Å². The van der Waals surface area contributed by atoms with Crippen molar-refractivity contribution in [3.8, 4) is 17.1 Å². The fourth-order valence-corrected chi connectivity index (χ4v) is 3.19. The Morgan fingerprint density at radius 2 is 2.00 bits per heavy atom. The first-order valence-corrected chi connectivity index (χ1v) is 8.11. The molecule has 0 atom stereocenters. The van der Waals surface area contributed by atoms with Crippen LogP contribution in [-0.2, 0) is 6.42 Å². The number of amides is 1. The van der Waals surface area contributed by atoms with Gasteiger partial charge < -0.3 is 19.8 Å². The molecule has 25 heavy (non-hydrogen) atoms. The standard InChI is InChI=1S/C20H18N2O3/c1-24-19-12-14(21)6-7-15(19)17-8-9-18(25-17)20(23)22-11-10-13-4-2-3-5-16(13)22/h2-9,12H,10-11,21H2,1H3. The first-order valence-electron chi connectivity index (χ1n) is 8.11. The lowest BCUT2D eigenvalue weighted by molar-refractivity contribution is 0.0963. The topological polar surface area (TPSA) is 68.7 Å².